The number of amides is 1. The smallest absolute Gasteiger partial charge is 0.279 e. The molecule has 24 heavy (non-hydrogen) atoms. The van der Waals surface area contributed by atoms with Crippen molar-refractivity contribution in [3.8, 4) is 17.2 Å². The summed E-state index contributed by atoms with van der Waals surface area (Å²) in [6, 6.07) is 13.4. The molecule has 2 N–H and O–H groups in total. The Morgan fingerprint density at radius 2 is 2.00 bits per heavy atom. The summed E-state index contributed by atoms with van der Waals surface area (Å²) in [7, 11) is 0. The maximum Gasteiger partial charge on any atom is 0.279 e. The molecule has 0 aliphatic heterocycles. The maximum atomic E-state index is 12.6. The first kappa shape index (κ1) is 15.9. The van der Waals surface area contributed by atoms with E-state index in [1.54, 1.807) is 48.5 Å². The molecule has 0 radical (unpaired) electrons. The summed E-state index contributed by atoms with van der Waals surface area (Å²) in [4.78, 5) is 11.9. The number of benzene rings is 2. The molecule has 1 amide bonds. The zero-order valence-electron chi connectivity index (χ0n) is 12.4. The minimum absolute atomic E-state index is 0.0108. The lowest BCUT2D eigenvalue weighted by molar-refractivity contribution is 0.102. The standard InChI is InChI=1S/C17H13FN2O3S/c18-9-11-2-1-3-14(8-11)23-13-6-4-12(5-7-13)19-17(22)16-15(21)10-24-20-16/h1-8,10,21H,9H2,(H,19,22). The Bertz CT molecular complexity index is 849. The molecule has 0 unspecified atom stereocenters. The SMILES string of the molecule is O=C(Nc1ccc(Oc2cccc(CF)c2)cc1)c1nscc1O. The van der Waals surface area contributed by atoms with Gasteiger partial charge in [0.15, 0.2) is 11.4 Å². The molecule has 0 saturated heterocycles. The van der Waals surface area contributed by atoms with E-state index in [2.05, 4.69) is 9.69 Å². The Labute approximate surface area is 141 Å². The highest BCUT2D eigenvalue weighted by atomic mass is 32.1. The third-order valence-corrected chi connectivity index (χ3v) is 3.78. The number of anilines is 1. The zero-order valence-corrected chi connectivity index (χ0v) is 13.2. The number of carbonyl (C=O) groups excluding carboxylic acids is 1. The second kappa shape index (κ2) is 7.10. The highest BCUT2D eigenvalue weighted by molar-refractivity contribution is 7.04. The number of hydrogen-bond donors (Lipinski definition) is 2. The van der Waals surface area contributed by atoms with Gasteiger partial charge >= 0.3 is 0 Å². The van der Waals surface area contributed by atoms with E-state index in [-0.39, 0.29) is 11.4 Å². The van der Waals surface area contributed by atoms with Crippen molar-refractivity contribution in [3.63, 3.8) is 0 Å². The molecule has 0 aliphatic carbocycles. The Balaban J connectivity index is 1.67. The predicted octanol–water partition coefficient (Wildman–Crippen LogP) is 4.36. The summed E-state index contributed by atoms with van der Waals surface area (Å²) in [5.41, 5.74) is 1.07. The van der Waals surface area contributed by atoms with E-state index in [1.165, 1.54) is 5.38 Å². The van der Waals surface area contributed by atoms with Gasteiger partial charge in [-0.3, -0.25) is 4.79 Å². The van der Waals surface area contributed by atoms with Gasteiger partial charge in [-0.25, -0.2) is 4.39 Å². The van der Waals surface area contributed by atoms with Crippen LogP contribution in [0.15, 0.2) is 53.9 Å². The molecule has 1 heterocycles. The predicted molar refractivity (Wildman–Crippen MR) is 89.5 cm³/mol. The molecule has 2 aromatic carbocycles. The first-order valence-corrected chi connectivity index (χ1v) is 7.87. The fourth-order valence-electron chi connectivity index (χ4n) is 2.01. The van der Waals surface area contributed by atoms with Crippen LogP contribution in [-0.4, -0.2) is 15.4 Å². The average molecular weight is 344 g/mol. The van der Waals surface area contributed by atoms with Gasteiger partial charge in [-0.2, -0.15) is 4.37 Å². The van der Waals surface area contributed by atoms with Gasteiger partial charge in [0.1, 0.15) is 18.2 Å². The van der Waals surface area contributed by atoms with Crippen LogP contribution in [0.3, 0.4) is 0 Å². The van der Waals surface area contributed by atoms with Gasteiger partial charge < -0.3 is 15.2 Å². The van der Waals surface area contributed by atoms with Crippen LogP contribution in [0.4, 0.5) is 10.1 Å². The van der Waals surface area contributed by atoms with Crippen molar-refractivity contribution in [2.75, 3.05) is 5.32 Å². The molecule has 0 aliphatic rings. The van der Waals surface area contributed by atoms with E-state index >= 15 is 0 Å². The van der Waals surface area contributed by atoms with Gasteiger partial charge in [0.05, 0.1) is 5.38 Å². The fraction of sp³-hybridized carbons (Fsp3) is 0.0588. The molecule has 0 bridgehead atoms. The number of alkyl halides is 1. The number of hydrogen-bond acceptors (Lipinski definition) is 5. The second-order valence-electron chi connectivity index (χ2n) is 4.91. The van der Waals surface area contributed by atoms with Crippen LogP contribution in [0.1, 0.15) is 16.1 Å². The number of carbonyl (C=O) groups is 1. The summed E-state index contributed by atoms with van der Waals surface area (Å²) in [5.74, 6) is 0.457. The number of rotatable bonds is 5. The summed E-state index contributed by atoms with van der Waals surface area (Å²) < 4.78 is 22.1. The molecule has 0 atom stereocenters. The van der Waals surface area contributed by atoms with Gasteiger partial charge in [-0.1, -0.05) is 12.1 Å². The number of ether oxygens (including phenoxy) is 1. The second-order valence-corrected chi connectivity index (χ2v) is 5.54. The average Bonchev–Trinajstić information content (AvgIpc) is 3.03. The van der Waals surface area contributed by atoms with Gasteiger partial charge in [0, 0.05) is 5.69 Å². The molecule has 0 fully saturated rings. The van der Waals surface area contributed by atoms with Crippen LogP contribution in [0.25, 0.3) is 0 Å². The van der Waals surface area contributed by atoms with E-state index < -0.39 is 12.6 Å². The molecular formula is C17H13FN2O3S. The van der Waals surface area contributed by atoms with Crippen molar-refractivity contribution < 1.29 is 19.0 Å². The summed E-state index contributed by atoms with van der Waals surface area (Å²) in [6.45, 7) is -0.550. The van der Waals surface area contributed by atoms with Crippen molar-refractivity contribution in [1.82, 2.24) is 4.37 Å². The minimum atomic E-state index is -0.550. The van der Waals surface area contributed by atoms with E-state index in [9.17, 15) is 14.3 Å². The van der Waals surface area contributed by atoms with Crippen LogP contribution < -0.4 is 10.1 Å². The number of nitrogens with one attached hydrogen (secondary N) is 1. The number of halogens is 1. The first-order chi connectivity index (χ1) is 11.7. The molecule has 3 aromatic rings. The molecular weight excluding hydrogens is 331 g/mol. The lowest BCUT2D eigenvalue weighted by Crippen LogP contribution is -2.12. The van der Waals surface area contributed by atoms with Crippen LogP contribution in [0, 0.1) is 0 Å². The van der Waals surface area contributed by atoms with Crippen molar-refractivity contribution in [2.24, 2.45) is 0 Å². The molecule has 0 saturated carbocycles. The van der Waals surface area contributed by atoms with Crippen molar-refractivity contribution in [2.45, 2.75) is 6.67 Å². The molecule has 0 spiro atoms. The fourth-order valence-corrected chi connectivity index (χ4v) is 2.56. The number of aromatic nitrogens is 1. The summed E-state index contributed by atoms with van der Waals surface area (Å²) in [5, 5.41) is 13.5. The lowest BCUT2D eigenvalue weighted by Gasteiger charge is -2.08. The maximum absolute atomic E-state index is 12.6. The van der Waals surface area contributed by atoms with Crippen molar-refractivity contribution >= 4 is 23.1 Å². The van der Waals surface area contributed by atoms with Gasteiger partial charge in [-0.05, 0) is 53.5 Å². The summed E-state index contributed by atoms with van der Waals surface area (Å²) in [6.07, 6.45) is 0. The van der Waals surface area contributed by atoms with Gasteiger partial charge in [-0.15, -0.1) is 0 Å². The van der Waals surface area contributed by atoms with Crippen LogP contribution in [-0.2, 0) is 6.67 Å². The minimum Gasteiger partial charge on any atom is -0.505 e. The molecule has 3 rings (SSSR count). The highest BCUT2D eigenvalue weighted by Gasteiger charge is 2.14. The topological polar surface area (TPSA) is 71.5 Å². The summed E-state index contributed by atoms with van der Waals surface area (Å²) >= 11 is 1.00. The Kier molecular flexibility index (Phi) is 4.72. The third kappa shape index (κ3) is 3.69. The monoisotopic (exact) mass is 344 g/mol. The molecule has 7 heteroatoms. The quantitative estimate of drug-likeness (QED) is 0.721. The van der Waals surface area contributed by atoms with Crippen LogP contribution in [0.2, 0.25) is 0 Å². The third-order valence-electron chi connectivity index (χ3n) is 3.17. The van der Waals surface area contributed by atoms with E-state index in [4.69, 9.17) is 4.74 Å². The van der Waals surface area contributed by atoms with E-state index in [1.807, 2.05) is 0 Å². The Hall–Kier alpha value is -2.93. The van der Waals surface area contributed by atoms with E-state index in [0.29, 0.717) is 22.7 Å². The van der Waals surface area contributed by atoms with E-state index in [0.717, 1.165) is 11.5 Å². The van der Waals surface area contributed by atoms with Crippen molar-refractivity contribution in [3.05, 3.63) is 65.2 Å². The number of nitrogens with zero attached hydrogens (tertiary/aromatic N) is 1. The zero-order chi connectivity index (χ0) is 16.9. The Morgan fingerprint density at radius 1 is 1.21 bits per heavy atom. The lowest BCUT2D eigenvalue weighted by atomic mass is 10.2. The number of aromatic hydroxyl groups is 1. The van der Waals surface area contributed by atoms with Crippen molar-refractivity contribution in [1.29, 1.82) is 0 Å². The van der Waals surface area contributed by atoms with Gasteiger partial charge in [0.2, 0.25) is 0 Å². The highest BCUT2D eigenvalue weighted by Crippen LogP contribution is 2.25. The first-order valence-electron chi connectivity index (χ1n) is 7.03. The largest absolute Gasteiger partial charge is 0.505 e. The molecule has 122 valence electrons. The van der Waals surface area contributed by atoms with Crippen LogP contribution >= 0.6 is 11.5 Å². The normalized spacial score (nSPS) is 10.4. The van der Waals surface area contributed by atoms with Crippen LogP contribution in [0.5, 0.6) is 17.2 Å². The van der Waals surface area contributed by atoms with Gasteiger partial charge in [0.25, 0.3) is 5.91 Å². The molecule has 1 aromatic heterocycles. The molecule has 5 nitrogen and oxygen atoms in total. The Morgan fingerprint density at radius 3 is 2.67 bits per heavy atom.